The minimum Gasteiger partial charge on any atom is -0.366 e. The van der Waals surface area contributed by atoms with Crippen molar-refractivity contribution in [3.8, 4) is 0 Å². The topological polar surface area (TPSA) is 48.0 Å². The molecule has 3 nitrogen and oxygen atoms in total. The summed E-state index contributed by atoms with van der Waals surface area (Å²) in [5, 5.41) is 0.988. The van der Waals surface area contributed by atoms with Crippen molar-refractivity contribution in [2.75, 3.05) is 0 Å². The average molecular weight is 335 g/mol. The van der Waals surface area contributed by atoms with Crippen LogP contribution in [0.5, 0.6) is 0 Å². The SMILES string of the molecule is NC(=O)c1cccc2c1c1[c]ccc(F)c1n2Cc1ccccc1F. The van der Waals surface area contributed by atoms with Crippen molar-refractivity contribution in [2.45, 2.75) is 6.54 Å². The number of halogens is 2. The fraction of sp³-hybridized carbons (Fsp3) is 0.0500. The lowest BCUT2D eigenvalue weighted by Crippen LogP contribution is -2.11. The molecule has 1 radical (unpaired) electrons. The number of rotatable bonds is 3. The van der Waals surface area contributed by atoms with Gasteiger partial charge in [0.2, 0.25) is 5.91 Å². The lowest BCUT2D eigenvalue weighted by Gasteiger charge is -2.09. The molecule has 4 aromatic rings. The maximum atomic E-state index is 14.6. The number of fused-ring (bicyclic) bond motifs is 3. The first-order valence-corrected chi connectivity index (χ1v) is 7.72. The molecule has 0 aliphatic carbocycles. The van der Waals surface area contributed by atoms with E-state index in [1.165, 1.54) is 18.2 Å². The van der Waals surface area contributed by atoms with Crippen LogP contribution in [0, 0.1) is 17.7 Å². The van der Waals surface area contributed by atoms with E-state index in [-0.39, 0.29) is 23.4 Å². The van der Waals surface area contributed by atoms with Crippen LogP contribution in [-0.2, 0) is 6.54 Å². The highest BCUT2D eigenvalue weighted by atomic mass is 19.1. The van der Waals surface area contributed by atoms with Crippen LogP contribution < -0.4 is 5.73 Å². The lowest BCUT2D eigenvalue weighted by atomic mass is 10.1. The maximum absolute atomic E-state index is 14.6. The Morgan fingerprint density at radius 2 is 1.84 bits per heavy atom. The van der Waals surface area contributed by atoms with Gasteiger partial charge < -0.3 is 10.3 Å². The Kier molecular flexibility index (Phi) is 3.50. The van der Waals surface area contributed by atoms with E-state index in [1.807, 2.05) is 0 Å². The molecule has 123 valence electrons. The fourth-order valence-electron chi connectivity index (χ4n) is 3.23. The standard InChI is InChI=1S/C20H13F2N2O/c21-15-8-2-1-5-12(15)11-24-17-10-4-7-14(20(23)25)18(17)13-6-3-9-16(22)19(13)24/h1-5,7-10H,11H2,(H2,23,25). The van der Waals surface area contributed by atoms with Crippen molar-refractivity contribution in [3.05, 3.63) is 83.4 Å². The van der Waals surface area contributed by atoms with E-state index >= 15 is 0 Å². The Hall–Kier alpha value is -3.21. The van der Waals surface area contributed by atoms with Crippen molar-refractivity contribution in [2.24, 2.45) is 5.73 Å². The van der Waals surface area contributed by atoms with E-state index < -0.39 is 11.7 Å². The summed E-state index contributed by atoms with van der Waals surface area (Å²) in [5.74, 6) is -1.44. The first-order valence-electron chi connectivity index (χ1n) is 7.72. The number of carbonyl (C=O) groups is 1. The molecule has 1 aromatic heterocycles. The number of aromatic nitrogens is 1. The molecule has 0 saturated carbocycles. The zero-order valence-electron chi connectivity index (χ0n) is 13.1. The van der Waals surface area contributed by atoms with Crippen molar-refractivity contribution < 1.29 is 13.6 Å². The normalized spacial score (nSPS) is 11.3. The summed E-state index contributed by atoms with van der Waals surface area (Å²) in [6, 6.07) is 17.1. The van der Waals surface area contributed by atoms with Gasteiger partial charge in [0.05, 0.1) is 17.6 Å². The molecule has 0 aliphatic rings. The molecule has 0 fully saturated rings. The van der Waals surface area contributed by atoms with Crippen molar-refractivity contribution >= 4 is 27.7 Å². The van der Waals surface area contributed by atoms with Crippen molar-refractivity contribution in [1.29, 1.82) is 0 Å². The second-order valence-corrected chi connectivity index (χ2v) is 5.79. The van der Waals surface area contributed by atoms with E-state index in [1.54, 1.807) is 41.0 Å². The molecule has 0 unspecified atom stereocenters. The number of hydrogen-bond donors (Lipinski definition) is 1. The van der Waals surface area contributed by atoms with Crippen LogP contribution in [0.25, 0.3) is 21.8 Å². The van der Waals surface area contributed by atoms with Gasteiger partial charge in [0.15, 0.2) is 0 Å². The van der Waals surface area contributed by atoms with Crippen LogP contribution in [0.15, 0.2) is 54.6 Å². The predicted molar refractivity (Wildman–Crippen MR) is 92.3 cm³/mol. The van der Waals surface area contributed by atoms with E-state index in [0.717, 1.165) is 0 Å². The van der Waals surface area contributed by atoms with Gasteiger partial charge in [0.25, 0.3) is 0 Å². The molecule has 1 amide bonds. The maximum Gasteiger partial charge on any atom is 0.249 e. The molecule has 0 atom stereocenters. The molecule has 0 aliphatic heterocycles. The molecule has 2 N–H and O–H groups in total. The van der Waals surface area contributed by atoms with Crippen molar-refractivity contribution in [1.82, 2.24) is 4.57 Å². The van der Waals surface area contributed by atoms with Gasteiger partial charge in [-0.3, -0.25) is 4.79 Å². The van der Waals surface area contributed by atoms with E-state index in [9.17, 15) is 13.6 Å². The molecule has 3 aromatic carbocycles. The van der Waals surface area contributed by atoms with Crippen LogP contribution in [-0.4, -0.2) is 10.5 Å². The Labute approximate surface area is 142 Å². The van der Waals surface area contributed by atoms with E-state index in [4.69, 9.17) is 5.73 Å². The minimum atomic E-state index is -0.604. The summed E-state index contributed by atoms with van der Waals surface area (Å²) in [5.41, 5.74) is 7.07. The first kappa shape index (κ1) is 15.3. The summed E-state index contributed by atoms with van der Waals surface area (Å²) < 4.78 is 30.3. The molecule has 0 saturated heterocycles. The van der Waals surface area contributed by atoms with Gasteiger partial charge >= 0.3 is 0 Å². The van der Waals surface area contributed by atoms with Crippen LogP contribution in [0.4, 0.5) is 8.78 Å². The zero-order valence-corrected chi connectivity index (χ0v) is 13.1. The summed E-state index contributed by atoms with van der Waals surface area (Å²) >= 11 is 0. The van der Waals surface area contributed by atoms with Gasteiger partial charge in [-0.1, -0.05) is 30.3 Å². The van der Waals surface area contributed by atoms with Crippen LogP contribution in [0.3, 0.4) is 0 Å². The quantitative estimate of drug-likeness (QED) is 0.604. The predicted octanol–water partition coefficient (Wildman–Crippen LogP) is 4.02. The van der Waals surface area contributed by atoms with E-state index in [0.29, 0.717) is 21.9 Å². The number of nitrogens with zero attached hydrogens (tertiary/aromatic N) is 1. The Morgan fingerprint density at radius 1 is 1.04 bits per heavy atom. The van der Waals surface area contributed by atoms with Gasteiger partial charge in [0, 0.05) is 21.9 Å². The fourth-order valence-corrected chi connectivity index (χ4v) is 3.23. The van der Waals surface area contributed by atoms with E-state index in [2.05, 4.69) is 6.07 Å². The van der Waals surface area contributed by atoms with Crippen LogP contribution in [0.2, 0.25) is 0 Å². The summed E-state index contributed by atoms with van der Waals surface area (Å²) in [6.45, 7) is 0.129. The summed E-state index contributed by atoms with van der Waals surface area (Å²) in [4.78, 5) is 11.8. The summed E-state index contributed by atoms with van der Waals surface area (Å²) in [7, 11) is 0. The number of carbonyl (C=O) groups excluding carboxylic acids is 1. The second-order valence-electron chi connectivity index (χ2n) is 5.79. The molecule has 0 bridgehead atoms. The number of nitrogens with two attached hydrogens (primary N) is 1. The average Bonchev–Trinajstić information content (AvgIpc) is 2.92. The third-order valence-electron chi connectivity index (χ3n) is 4.33. The van der Waals surface area contributed by atoms with Gasteiger partial charge in [-0.25, -0.2) is 8.78 Å². The van der Waals surface area contributed by atoms with Crippen LogP contribution in [0.1, 0.15) is 15.9 Å². The third-order valence-corrected chi connectivity index (χ3v) is 4.33. The molecule has 4 rings (SSSR count). The van der Waals surface area contributed by atoms with Gasteiger partial charge in [0.1, 0.15) is 11.6 Å². The zero-order chi connectivity index (χ0) is 17.6. The van der Waals surface area contributed by atoms with Crippen LogP contribution >= 0.6 is 0 Å². The molecule has 0 spiro atoms. The summed E-state index contributed by atoms with van der Waals surface area (Å²) in [6.07, 6.45) is 0. The molecular formula is C20H13F2N2O. The van der Waals surface area contributed by atoms with Gasteiger partial charge in [-0.2, -0.15) is 0 Å². The molecule has 5 heteroatoms. The number of hydrogen-bond acceptors (Lipinski definition) is 1. The Balaban J connectivity index is 2.10. The Bertz CT molecular complexity index is 1130. The number of amides is 1. The second kappa shape index (κ2) is 5.70. The number of primary amides is 1. The highest BCUT2D eigenvalue weighted by molar-refractivity contribution is 6.17. The Morgan fingerprint density at radius 3 is 2.60 bits per heavy atom. The van der Waals surface area contributed by atoms with Gasteiger partial charge in [-0.15, -0.1) is 0 Å². The molecule has 25 heavy (non-hydrogen) atoms. The minimum absolute atomic E-state index is 0.129. The first-order chi connectivity index (χ1) is 12.1. The largest absolute Gasteiger partial charge is 0.366 e. The lowest BCUT2D eigenvalue weighted by molar-refractivity contribution is 0.100. The third kappa shape index (κ3) is 2.36. The molecule has 1 heterocycles. The highest BCUT2D eigenvalue weighted by Crippen LogP contribution is 2.33. The monoisotopic (exact) mass is 335 g/mol. The molecular weight excluding hydrogens is 322 g/mol. The number of benzene rings is 3. The van der Waals surface area contributed by atoms with Crippen molar-refractivity contribution in [3.63, 3.8) is 0 Å². The smallest absolute Gasteiger partial charge is 0.249 e. The highest BCUT2D eigenvalue weighted by Gasteiger charge is 2.19. The van der Waals surface area contributed by atoms with Gasteiger partial charge in [-0.05, 0) is 30.3 Å².